The second kappa shape index (κ2) is 5.61. The zero-order chi connectivity index (χ0) is 12.1. The maximum absolute atomic E-state index is 12.1. The number of nitrogens with two attached hydrogens (primary N) is 1. The highest BCUT2D eigenvalue weighted by molar-refractivity contribution is 6.03. The molecule has 1 heterocycles. The molecule has 0 spiro atoms. The largest absolute Gasteiger partial charge is 0.383 e. The van der Waals surface area contributed by atoms with Gasteiger partial charge in [-0.15, -0.1) is 0 Å². The molecule has 0 aliphatic rings. The Hall–Kier alpha value is -1.42. The first-order valence-corrected chi connectivity index (χ1v) is 5.48. The standard InChI is InChI=1S/C12H18N2O2/c1-4-10(16-5-2)11(15)9-6-8(3)7-14-12(9)13/h6-7,10H,4-5H2,1-3H3,(H2,13,14). The van der Waals surface area contributed by atoms with Gasteiger partial charge in [-0.2, -0.15) is 0 Å². The van der Waals surface area contributed by atoms with Crippen LogP contribution in [0.15, 0.2) is 12.3 Å². The molecule has 0 saturated carbocycles. The molecule has 4 nitrogen and oxygen atoms in total. The van der Waals surface area contributed by atoms with Crippen molar-refractivity contribution in [2.75, 3.05) is 12.3 Å². The van der Waals surface area contributed by atoms with Crippen LogP contribution in [0.1, 0.15) is 36.2 Å². The van der Waals surface area contributed by atoms with Gasteiger partial charge in [0.05, 0.1) is 5.56 Å². The Morgan fingerprint density at radius 3 is 2.81 bits per heavy atom. The van der Waals surface area contributed by atoms with Crippen molar-refractivity contribution >= 4 is 11.6 Å². The molecule has 0 radical (unpaired) electrons. The molecule has 0 aliphatic carbocycles. The van der Waals surface area contributed by atoms with E-state index in [1.54, 1.807) is 12.3 Å². The number of ketones is 1. The normalized spacial score (nSPS) is 12.4. The third kappa shape index (κ3) is 2.79. The highest BCUT2D eigenvalue weighted by Crippen LogP contribution is 2.15. The minimum absolute atomic E-state index is 0.0851. The summed E-state index contributed by atoms with van der Waals surface area (Å²) in [6.45, 7) is 6.18. The molecule has 0 aromatic carbocycles. The highest BCUT2D eigenvalue weighted by atomic mass is 16.5. The quantitative estimate of drug-likeness (QED) is 0.773. The molecule has 1 rings (SSSR count). The zero-order valence-electron chi connectivity index (χ0n) is 9.99. The third-order valence-electron chi connectivity index (χ3n) is 2.35. The average Bonchev–Trinajstić information content (AvgIpc) is 2.28. The van der Waals surface area contributed by atoms with Gasteiger partial charge in [-0.05, 0) is 31.9 Å². The third-order valence-corrected chi connectivity index (χ3v) is 2.35. The van der Waals surface area contributed by atoms with Crippen LogP contribution in [-0.2, 0) is 4.74 Å². The van der Waals surface area contributed by atoms with Crippen molar-refractivity contribution in [2.45, 2.75) is 33.3 Å². The van der Waals surface area contributed by atoms with Gasteiger partial charge in [0.15, 0.2) is 5.78 Å². The summed E-state index contributed by atoms with van der Waals surface area (Å²) in [5.74, 6) is 0.187. The number of pyridine rings is 1. The fourth-order valence-corrected chi connectivity index (χ4v) is 1.53. The lowest BCUT2D eigenvalue weighted by atomic mass is 10.0. The number of Topliss-reactive ketones (excluding diaryl/α,β-unsaturated/α-hetero) is 1. The lowest BCUT2D eigenvalue weighted by Gasteiger charge is -2.14. The van der Waals surface area contributed by atoms with E-state index < -0.39 is 6.10 Å². The molecule has 0 aliphatic heterocycles. The minimum atomic E-state index is -0.420. The molecule has 4 heteroatoms. The lowest BCUT2D eigenvalue weighted by Crippen LogP contribution is -2.25. The Kier molecular flexibility index (Phi) is 4.43. The van der Waals surface area contributed by atoms with Gasteiger partial charge in [-0.1, -0.05) is 6.92 Å². The number of nitrogen functional groups attached to an aromatic ring is 1. The van der Waals surface area contributed by atoms with Gasteiger partial charge in [-0.25, -0.2) is 4.98 Å². The van der Waals surface area contributed by atoms with Crippen molar-refractivity contribution < 1.29 is 9.53 Å². The Labute approximate surface area is 95.8 Å². The van der Waals surface area contributed by atoms with Crippen LogP contribution in [0.3, 0.4) is 0 Å². The predicted molar refractivity (Wildman–Crippen MR) is 63.4 cm³/mol. The van der Waals surface area contributed by atoms with Crippen LogP contribution in [0.4, 0.5) is 5.82 Å². The molecule has 2 N–H and O–H groups in total. The van der Waals surface area contributed by atoms with Crippen molar-refractivity contribution in [1.82, 2.24) is 4.98 Å². The lowest BCUT2D eigenvalue weighted by molar-refractivity contribution is 0.0444. The number of carbonyl (C=O) groups is 1. The number of hydrogen-bond acceptors (Lipinski definition) is 4. The summed E-state index contributed by atoms with van der Waals surface area (Å²) in [4.78, 5) is 16.1. The first kappa shape index (κ1) is 12.6. The predicted octanol–water partition coefficient (Wildman–Crippen LogP) is 1.97. The molecule has 0 saturated heterocycles. The summed E-state index contributed by atoms with van der Waals surface area (Å²) in [6.07, 6.45) is 1.87. The van der Waals surface area contributed by atoms with Crippen LogP contribution in [0.25, 0.3) is 0 Å². The van der Waals surface area contributed by atoms with E-state index in [0.717, 1.165) is 5.56 Å². The van der Waals surface area contributed by atoms with E-state index in [1.807, 2.05) is 20.8 Å². The Bertz CT molecular complexity index is 377. The Balaban J connectivity index is 2.98. The highest BCUT2D eigenvalue weighted by Gasteiger charge is 2.21. The van der Waals surface area contributed by atoms with Crippen molar-refractivity contribution in [3.8, 4) is 0 Å². The molecule has 0 amide bonds. The van der Waals surface area contributed by atoms with Gasteiger partial charge in [0, 0.05) is 12.8 Å². The van der Waals surface area contributed by atoms with E-state index in [9.17, 15) is 4.79 Å². The van der Waals surface area contributed by atoms with E-state index in [2.05, 4.69) is 4.98 Å². The van der Waals surface area contributed by atoms with E-state index in [-0.39, 0.29) is 11.6 Å². The first-order valence-electron chi connectivity index (χ1n) is 5.48. The number of rotatable bonds is 5. The maximum atomic E-state index is 12.1. The van der Waals surface area contributed by atoms with Gasteiger partial charge in [-0.3, -0.25) is 4.79 Å². The minimum Gasteiger partial charge on any atom is -0.383 e. The summed E-state index contributed by atoms with van der Waals surface area (Å²) in [7, 11) is 0. The number of aryl methyl sites for hydroxylation is 1. The molecule has 0 fully saturated rings. The Morgan fingerprint density at radius 1 is 1.56 bits per heavy atom. The van der Waals surface area contributed by atoms with Crippen LogP contribution in [0.2, 0.25) is 0 Å². The summed E-state index contributed by atoms with van der Waals surface area (Å²) >= 11 is 0. The van der Waals surface area contributed by atoms with E-state index in [0.29, 0.717) is 18.6 Å². The smallest absolute Gasteiger partial charge is 0.195 e. The van der Waals surface area contributed by atoms with Crippen molar-refractivity contribution in [3.05, 3.63) is 23.4 Å². The maximum Gasteiger partial charge on any atom is 0.195 e. The molecule has 1 aromatic heterocycles. The second-order valence-electron chi connectivity index (χ2n) is 3.66. The molecule has 16 heavy (non-hydrogen) atoms. The van der Waals surface area contributed by atoms with Gasteiger partial charge in [0.2, 0.25) is 0 Å². The van der Waals surface area contributed by atoms with Crippen LogP contribution in [0, 0.1) is 6.92 Å². The number of carbonyl (C=O) groups excluding carboxylic acids is 1. The summed E-state index contributed by atoms with van der Waals surface area (Å²) in [6, 6.07) is 1.76. The van der Waals surface area contributed by atoms with Gasteiger partial charge < -0.3 is 10.5 Å². The van der Waals surface area contributed by atoms with Gasteiger partial charge in [0.1, 0.15) is 11.9 Å². The number of aromatic nitrogens is 1. The number of ether oxygens (including phenoxy) is 1. The number of hydrogen-bond donors (Lipinski definition) is 1. The van der Waals surface area contributed by atoms with Gasteiger partial charge >= 0.3 is 0 Å². The van der Waals surface area contributed by atoms with Crippen LogP contribution < -0.4 is 5.73 Å². The molecular weight excluding hydrogens is 204 g/mol. The molecule has 1 unspecified atom stereocenters. The number of anilines is 1. The summed E-state index contributed by atoms with van der Waals surface area (Å²) < 4.78 is 5.37. The molecule has 0 bridgehead atoms. The first-order chi connectivity index (χ1) is 7.60. The Morgan fingerprint density at radius 2 is 2.25 bits per heavy atom. The fraction of sp³-hybridized carbons (Fsp3) is 0.500. The van der Waals surface area contributed by atoms with Crippen LogP contribution >= 0.6 is 0 Å². The second-order valence-corrected chi connectivity index (χ2v) is 3.66. The molecule has 88 valence electrons. The topological polar surface area (TPSA) is 65.2 Å². The van der Waals surface area contributed by atoms with E-state index >= 15 is 0 Å². The van der Waals surface area contributed by atoms with E-state index in [1.165, 1.54) is 0 Å². The monoisotopic (exact) mass is 222 g/mol. The van der Waals surface area contributed by atoms with E-state index in [4.69, 9.17) is 10.5 Å². The average molecular weight is 222 g/mol. The molecule has 1 atom stereocenters. The van der Waals surface area contributed by atoms with Crippen molar-refractivity contribution in [2.24, 2.45) is 0 Å². The summed E-state index contributed by atoms with van der Waals surface area (Å²) in [5.41, 5.74) is 7.07. The van der Waals surface area contributed by atoms with Crippen LogP contribution in [-0.4, -0.2) is 23.5 Å². The SMILES string of the molecule is CCOC(CC)C(=O)c1cc(C)cnc1N. The van der Waals surface area contributed by atoms with Crippen molar-refractivity contribution in [3.63, 3.8) is 0 Å². The summed E-state index contributed by atoms with van der Waals surface area (Å²) in [5, 5.41) is 0. The zero-order valence-corrected chi connectivity index (χ0v) is 9.99. The molecule has 1 aromatic rings. The van der Waals surface area contributed by atoms with Crippen LogP contribution in [0.5, 0.6) is 0 Å². The molecular formula is C12H18N2O2. The van der Waals surface area contributed by atoms with Gasteiger partial charge in [0.25, 0.3) is 0 Å². The fourth-order valence-electron chi connectivity index (χ4n) is 1.53. The van der Waals surface area contributed by atoms with Crippen molar-refractivity contribution in [1.29, 1.82) is 0 Å². The number of nitrogens with zero attached hydrogens (tertiary/aromatic N) is 1.